The zero-order valence-corrected chi connectivity index (χ0v) is 18.3. The summed E-state index contributed by atoms with van der Waals surface area (Å²) in [5.41, 5.74) is -0.908. The van der Waals surface area contributed by atoms with Crippen LogP contribution < -0.4 is 14.8 Å². The number of carbonyl (C=O) groups excluding carboxylic acids is 2. The number of para-hydroxylation sites is 2. The van der Waals surface area contributed by atoms with Crippen LogP contribution >= 0.6 is 11.6 Å². The van der Waals surface area contributed by atoms with Crippen LogP contribution in [0.5, 0.6) is 5.75 Å². The Hall–Kier alpha value is -2.83. The summed E-state index contributed by atoms with van der Waals surface area (Å²) in [4.78, 5) is 23.3. The molecule has 32 heavy (non-hydrogen) atoms. The van der Waals surface area contributed by atoms with Crippen molar-refractivity contribution in [1.82, 2.24) is 4.72 Å². The van der Waals surface area contributed by atoms with Crippen molar-refractivity contribution in [3.05, 3.63) is 53.1 Å². The van der Waals surface area contributed by atoms with Gasteiger partial charge < -0.3 is 14.8 Å². The Morgan fingerprint density at radius 3 is 2.44 bits per heavy atom. The molecule has 1 unspecified atom stereocenters. The van der Waals surface area contributed by atoms with E-state index in [1.807, 2.05) is 0 Å². The summed E-state index contributed by atoms with van der Waals surface area (Å²) in [5, 5.41) is 2.02. The number of ether oxygens (including phenoxy) is 2. The smallest absolute Gasteiger partial charge is 0.416 e. The zero-order valence-electron chi connectivity index (χ0n) is 16.7. The van der Waals surface area contributed by atoms with E-state index in [2.05, 4.69) is 5.32 Å². The molecular formula is C19H18ClF3N2O6S. The van der Waals surface area contributed by atoms with Crippen molar-refractivity contribution in [2.24, 2.45) is 0 Å². The van der Waals surface area contributed by atoms with E-state index in [4.69, 9.17) is 21.1 Å². The second-order valence-corrected chi connectivity index (χ2v) is 8.43. The number of amides is 1. The number of alkyl halides is 3. The molecule has 0 aliphatic carbocycles. The van der Waals surface area contributed by atoms with Crippen LogP contribution in [-0.2, 0) is 30.5 Å². The Morgan fingerprint density at radius 1 is 1.16 bits per heavy atom. The van der Waals surface area contributed by atoms with Gasteiger partial charge in [0.25, 0.3) is 5.91 Å². The monoisotopic (exact) mass is 494 g/mol. The van der Waals surface area contributed by atoms with Gasteiger partial charge in [-0.05, 0) is 37.3 Å². The van der Waals surface area contributed by atoms with E-state index in [1.54, 1.807) is 29.0 Å². The highest BCUT2D eigenvalue weighted by Crippen LogP contribution is 2.33. The van der Waals surface area contributed by atoms with Crippen molar-refractivity contribution < 1.29 is 40.7 Å². The first-order valence-electron chi connectivity index (χ1n) is 8.85. The molecule has 0 saturated carbocycles. The van der Waals surface area contributed by atoms with Crippen molar-refractivity contribution in [3.63, 3.8) is 0 Å². The molecule has 1 atom stereocenters. The lowest BCUT2D eigenvalue weighted by molar-refractivity contribution is -0.151. The average molecular weight is 495 g/mol. The maximum atomic E-state index is 12.8. The second-order valence-electron chi connectivity index (χ2n) is 6.29. The van der Waals surface area contributed by atoms with Crippen LogP contribution in [0.2, 0.25) is 5.02 Å². The summed E-state index contributed by atoms with van der Waals surface area (Å²) in [7, 11) is -3.18. The van der Waals surface area contributed by atoms with E-state index in [0.29, 0.717) is 23.6 Å². The number of nitrogens with one attached hydrogen (secondary N) is 2. The number of esters is 1. The van der Waals surface area contributed by atoms with Crippen molar-refractivity contribution in [2.45, 2.75) is 24.1 Å². The van der Waals surface area contributed by atoms with Crippen LogP contribution in [0.25, 0.3) is 0 Å². The molecule has 0 saturated heterocycles. The van der Waals surface area contributed by atoms with Gasteiger partial charge in [-0.2, -0.15) is 17.9 Å². The molecule has 0 spiro atoms. The third kappa shape index (κ3) is 6.58. The number of hydrogen-bond acceptors (Lipinski definition) is 6. The predicted molar refractivity (Wildman–Crippen MR) is 109 cm³/mol. The summed E-state index contributed by atoms with van der Waals surface area (Å²) in [6.07, 6.45) is -6.10. The summed E-state index contributed by atoms with van der Waals surface area (Å²) >= 11 is 5.71. The molecule has 0 aromatic heterocycles. The Labute approximate surface area is 186 Å². The first-order valence-corrected chi connectivity index (χ1v) is 10.7. The fourth-order valence-corrected chi connectivity index (χ4v) is 3.88. The van der Waals surface area contributed by atoms with Crippen molar-refractivity contribution >= 4 is 39.2 Å². The number of rotatable bonds is 8. The van der Waals surface area contributed by atoms with E-state index in [1.165, 1.54) is 14.0 Å². The Balaban J connectivity index is 2.00. The number of benzene rings is 2. The Kier molecular flexibility index (Phi) is 8.10. The molecule has 0 fully saturated rings. The quantitative estimate of drug-likeness (QED) is 0.545. The van der Waals surface area contributed by atoms with Gasteiger partial charge >= 0.3 is 12.1 Å². The number of methoxy groups -OCH3 is 1. The molecule has 8 nitrogen and oxygen atoms in total. The highest BCUT2D eigenvalue weighted by molar-refractivity contribution is 7.89. The second kappa shape index (κ2) is 10.2. The van der Waals surface area contributed by atoms with Gasteiger partial charge in [0, 0.05) is 0 Å². The largest absolute Gasteiger partial charge is 0.495 e. The fourth-order valence-electron chi connectivity index (χ4n) is 2.39. The first-order chi connectivity index (χ1) is 14.8. The number of hydrogen-bond donors (Lipinski definition) is 2. The number of halogens is 4. The molecule has 2 rings (SSSR count). The Morgan fingerprint density at radius 2 is 1.81 bits per heavy atom. The summed E-state index contributed by atoms with van der Waals surface area (Å²) < 4.78 is 74.9. The minimum Gasteiger partial charge on any atom is -0.495 e. The highest BCUT2D eigenvalue weighted by Gasteiger charge is 2.33. The zero-order chi connectivity index (χ0) is 24.1. The van der Waals surface area contributed by atoms with E-state index >= 15 is 0 Å². The molecule has 0 radical (unpaired) electrons. The minimum absolute atomic E-state index is 0.322. The average Bonchev–Trinajstić information content (AvgIpc) is 2.72. The standard InChI is InChI=1S/C19H18ClF3N2O6S/c1-11(18(27)25-14-5-3-4-6-15(14)30-2)31-17(26)10-24-32(28,29)16-9-12(19(21,22)23)7-8-13(16)20/h3-9,11,24H,10H2,1-2H3,(H,25,27). The van der Waals surface area contributed by atoms with Gasteiger partial charge in [-0.3, -0.25) is 9.59 Å². The van der Waals surface area contributed by atoms with Gasteiger partial charge in [-0.1, -0.05) is 23.7 Å². The van der Waals surface area contributed by atoms with E-state index in [-0.39, 0.29) is 0 Å². The lowest BCUT2D eigenvalue weighted by atomic mass is 10.2. The van der Waals surface area contributed by atoms with E-state index in [9.17, 15) is 31.2 Å². The molecule has 0 heterocycles. The minimum atomic E-state index is -4.79. The van der Waals surface area contributed by atoms with Gasteiger partial charge in [-0.15, -0.1) is 0 Å². The van der Waals surface area contributed by atoms with Gasteiger partial charge in [0.05, 0.1) is 23.4 Å². The van der Waals surface area contributed by atoms with Crippen molar-refractivity contribution in [1.29, 1.82) is 0 Å². The molecule has 2 aromatic rings. The normalized spacial score (nSPS) is 12.7. The maximum absolute atomic E-state index is 12.8. The first kappa shape index (κ1) is 25.4. The summed E-state index contributed by atoms with van der Waals surface area (Å²) in [6, 6.07) is 8.22. The van der Waals surface area contributed by atoms with Crippen molar-refractivity contribution in [3.8, 4) is 5.75 Å². The number of anilines is 1. The summed E-state index contributed by atoms with van der Waals surface area (Å²) in [5.74, 6) is -1.49. The maximum Gasteiger partial charge on any atom is 0.416 e. The van der Waals surface area contributed by atoms with Crippen LogP contribution in [0.1, 0.15) is 12.5 Å². The number of sulfonamides is 1. The van der Waals surface area contributed by atoms with Gasteiger partial charge in [0.1, 0.15) is 17.2 Å². The van der Waals surface area contributed by atoms with E-state index < -0.39 is 56.2 Å². The highest BCUT2D eigenvalue weighted by atomic mass is 35.5. The van der Waals surface area contributed by atoms with E-state index in [0.717, 1.165) is 6.07 Å². The predicted octanol–water partition coefficient (Wildman–Crippen LogP) is 3.22. The fraction of sp³-hybridized carbons (Fsp3) is 0.263. The van der Waals surface area contributed by atoms with Crippen LogP contribution in [-0.4, -0.2) is 40.1 Å². The lowest BCUT2D eigenvalue weighted by Gasteiger charge is -2.15. The molecular weight excluding hydrogens is 477 g/mol. The molecule has 174 valence electrons. The van der Waals surface area contributed by atoms with Gasteiger partial charge in [0.15, 0.2) is 6.10 Å². The molecule has 2 aromatic carbocycles. The van der Waals surface area contributed by atoms with Crippen LogP contribution in [0.3, 0.4) is 0 Å². The molecule has 2 N–H and O–H groups in total. The lowest BCUT2D eigenvalue weighted by Crippen LogP contribution is -2.36. The third-order valence-corrected chi connectivity index (χ3v) is 5.88. The SMILES string of the molecule is COc1ccccc1NC(=O)C(C)OC(=O)CNS(=O)(=O)c1cc(C(F)(F)F)ccc1Cl. The van der Waals surface area contributed by atoms with Gasteiger partial charge in [0.2, 0.25) is 10.0 Å². The molecule has 0 aliphatic rings. The number of carbonyl (C=O) groups is 2. The van der Waals surface area contributed by atoms with Crippen molar-refractivity contribution in [2.75, 3.05) is 19.0 Å². The molecule has 0 bridgehead atoms. The molecule has 0 aliphatic heterocycles. The van der Waals surface area contributed by atoms with Crippen LogP contribution in [0.15, 0.2) is 47.4 Å². The van der Waals surface area contributed by atoms with Gasteiger partial charge in [-0.25, -0.2) is 8.42 Å². The summed E-state index contributed by atoms with van der Waals surface area (Å²) in [6.45, 7) is 0.308. The molecule has 1 amide bonds. The third-order valence-electron chi connectivity index (χ3n) is 4.00. The Bertz CT molecular complexity index is 1110. The van der Waals surface area contributed by atoms with Crippen LogP contribution in [0, 0.1) is 0 Å². The van der Waals surface area contributed by atoms with Crippen LogP contribution in [0.4, 0.5) is 18.9 Å². The topological polar surface area (TPSA) is 111 Å². The molecule has 13 heteroatoms.